The highest BCUT2D eigenvalue weighted by atomic mass is 14.9. The molecular weight excluding hydrogens is 162 g/mol. The number of benzene rings is 1. The largest absolute Gasteiger partial charge is 0.384 e. The molecule has 1 aromatic heterocycles. The summed E-state index contributed by atoms with van der Waals surface area (Å²) in [6.45, 7) is 0. The Labute approximate surface area is 77.7 Å². The molecule has 13 heavy (non-hydrogen) atoms. The summed E-state index contributed by atoms with van der Waals surface area (Å²) in [7, 11) is 0. The van der Waals surface area contributed by atoms with Gasteiger partial charge in [0.05, 0.1) is 7.06 Å². The molecule has 0 aliphatic heterocycles. The van der Waals surface area contributed by atoms with Crippen LogP contribution < -0.4 is 5.73 Å². The van der Waals surface area contributed by atoms with Crippen molar-refractivity contribution in [3.05, 3.63) is 42.7 Å². The minimum atomic E-state index is 0.179. The molecule has 1 aromatic carbocycles. The molecule has 0 saturated carbocycles. The van der Waals surface area contributed by atoms with Crippen LogP contribution >= 0.6 is 0 Å². The van der Waals surface area contributed by atoms with Gasteiger partial charge in [0.25, 0.3) is 0 Å². The van der Waals surface area contributed by atoms with Gasteiger partial charge in [-0.15, -0.1) is 0 Å². The van der Waals surface area contributed by atoms with Crippen molar-refractivity contribution in [3.63, 3.8) is 0 Å². The van der Waals surface area contributed by atoms with Crippen LogP contribution in [0.15, 0.2) is 42.7 Å². The Bertz CT molecular complexity index is 442. The van der Waals surface area contributed by atoms with E-state index in [1.54, 1.807) is 0 Å². The average molecular weight is 172 g/mol. The fourth-order valence-corrected chi connectivity index (χ4v) is 1.08. The highest BCUT2D eigenvalue weighted by molar-refractivity contribution is 5.60. The molecule has 0 aliphatic rings. The second kappa shape index (κ2) is 3.23. The summed E-state index contributed by atoms with van der Waals surface area (Å²) < 4.78 is 7.68. The van der Waals surface area contributed by atoms with Gasteiger partial charge in [-0.3, -0.25) is 0 Å². The van der Waals surface area contributed by atoms with E-state index in [0.29, 0.717) is 5.69 Å². The smallest absolute Gasteiger partial charge is 0.127 e. The highest BCUT2D eigenvalue weighted by Gasteiger charge is 1.97. The Morgan fingerprint density at radius 2 is 1.92 bits per heavy atom. The molecule has 2 N–H and O–H groups in total. The van der Waals surface area contributed by atoms with Crippen molar-refractivity contribution >= 4 is 5.82 Å². The number of hydrogen-bond donors (Lipinski definition) is 1. The molecule has 0 fully saturated rings. The van der Waals surface area contributed by atoms with Crippen molar-refractivity contribution in [1.82, 2.24) is 9.97 Å². The number of nitrogen functional groups attached to an aromatic ring is 1. The maximum absolute atomic E-state index is 7.68. The quantitative estimate of drug-likeness (QED) is 0.712. The van der Waals surface area contributed by atoms with Crippen molar-refractivity contribution in [2.45, 2.75) is 0 Å². The number of nitrogens with zero attached hydrogens (tertiary/aromatic N) is 2. The van der Waals surface area contributed by atoms with Gasteiger partial charge in [0, 0.05) is 11.6 Å². The van der Waals surface area contributed by atoms with Crippen molar-refractivity contribution in [2.75, 3.05) is 5.73 Å². The van der Waals surface area contributed by atoms with Crippen LogP contribution in [0.25, 0.3) is 11.3 Å². The van der Waals surface area contributed by atoms with Crippen molar-refractivity contribution in [3.8, 4) is 11.3 Å². The third kappa shape index (κ3) is 1.64. The molecule has 0 saturated heterocycles. The van der Waals surface area contributed by atoms with Crippen molar-refractivity contribution in [1.29, 1.82) is 0 Å². The molecule has 0 spiro atoms. The molecule has 0 amide bonds. The summed E-state index contributed by atoms with van der Waals surface area (Å²) in [6.07, 6.45) is 1.37. The Hall–Kier alpha value is -1.90. The molecule has 0 unspecified atom stereocenters. The summed E-state index contributed by atoms with van der Waals surface area (Å²) in [6, 6.07) is 9.66. The normalized spacial score (nSPS) is 10.9. The standard InChI is InChI=1S/C10H9N3/c11-10-6-9(12-7-13-10)8-4-2-1-3-5-8/h1-7H,(H2,11,12,13)/i6D. The van der Waals surface area contributed by atoms with Crippen LogP contribution in [-0.2, 0) is 0 Å². The van der Waals surface area contributed by atoms with Crippen LogP contribution in [0.3, 0.4) is 0 Å². The molecule has 64 valence electrons. The molecular formula is C10H9N3. The third-order valence-corrected chi connectivity index (χ3v) is 1.68. The van der Waals surface area contributed by atoms with Gasteiger partial charge < -0.3 is 5.73 Å². The number of rotatable bonds is 1. The van der Waals surface area contributed by atoms with Crippen molar-refractivity contribution < 1.29 is 1.37 Å². The first-order valence-electron chi connectivity index (χ1n) is 4.41. The van der Waals surface area contributed by atoms with E-state index in [9.17, 15) is 0 Å². The lowest BCUT2D eigenvalue weighted by Crippen LogP contribution is -1.92. The van der Waals surface area contributed by atoms with Crippen LogP contribution in [0.2, 0.25) is 0 Å². The van der Waals surface area contributed by atoms with E-state index >= 15 is 0 Å². The fraction of sp³-hybridized carbons (Fsp3) is 0. The minimum absolute atomic E-state index is 0.179. The van der Waals surface area contributed by atoms with Gasteiger partial charge in [-0.2, -0.15) is 0 Å². The number of hydrogen-bond acceptors (Lipinski definition) is 3. The lowest BCUT2D eigenvalue weighted by Gasteiger charge is -1.99. The summed E-state index contributed by atoms with van der Waals surface area (Å²) in [5, 5.41) is 0. The van der Waals surface area contributed by atoms with Gasteiger partial charge in [-0.1, -0.05) is 30.3 Å². The fourth-order valence-electron chi connectivity index (χ4n) is 1.08. The molecule has 2 rings (SSSR count). The van der Waals surface area contributed by atoms with E-state index in [-0.39, 0.29) is 11.9 Å². The number of anilines is 1. The van der Waals surface area contributed by atoms with E-state index in [1.807, 2.05) is 30.3 Å². The van der Waals surface area contributed by atoms with Gasteiger partial charge in [0.15, 0.2) is 0 Å². The monoisotopic (exact) mass is 172 g/mol. The number of nitrogens with two attached hydrogens (primary N) is 1. The Kier molecular flexibility index (Phi) is 1.64. The first-order valence-corrected chi connectivity index (χ1v) is 3.91. The maximum Gasteiger partial charge on any atom is 0.127 e. The van der Waals surface area contributed by atoms with Gasteiger partial charge >= 0.3 is 0 Å². The molecule has 0 radical (unpaired) electrons. The maximum atomic E-state index is 7.68. The van der Waals surface area contributed by atoms with Gasteiger partial charge in [0.1, 0.15) is 12.1 Å². The van der Waals surface area contributed by atoms with E-state index in [2.05, 4.69) is 9.97 Å². The molecule has 1 heterocycles. The number of aromatic nitrogens is 2. The topological polar surface area (TPSA) is 51.8 Å². The Morgan fingerprint density at radius 3 is 2.69 bits per heavy atom. The van der Waals surface area contributed by atoms with E-state index in [0.717, 1.165) is 5.56 Å². The van der Waals surface area contributed by atoms with E-state index < -0.39 is 0 Å². The van der Waals surface area contributed by atoms with Crippen LogP contribution in [0, 0.1) is 0 Å². The molecule has 0 bridgehead atoms. The zero-order chi connectivity index (χ0) is 9.97. The first-order chi connectivity index (χ1) is 6.79. The van der Waals surface area contributed by atoms with Crippen LogP contribution in [0.5, 0.6) is 0 Å². The van der Waals surface area contributed by atoms with Crippen LogP contribution in [0.1, 0.15) is 1.37 Å². The first kappa shape index (κ1) is 6.60. The van der Waals surface area contributed by atoms with Crippen molar-refractivity contribution in [2.24, 2.45) is 0 Å². The highest BCUT2D eigenvalue weighted by Crippen LogP contribution is 2.16. The van der Waals surface area contributed by atoms with Gasteiger partial charge in [0.2, 0.25) is 0 Å². The summed E-state index contributed by atoms with van der Waals surface area (Å²) >= 11 is 0. The summed E-state index contributed by atoms with van der Waals surface area (Å²) in [4.78, 5) is 7.77. The predicted octanol–water partition coefficient (Wildman–Crippen LogP) is 1.73. The average Bonchev–Trinajstić information content (AvgIpc) is 2.23. The molecule has 0 aliphatic carbocycles. The second-order valence-corrected chi connectivity index (χ2v) is 2.60. The third-order valence-electron chi connectivity index (χ3n) is 1.68. The summed E-state index contributed by atoms with van der Waals surface area (Å²) in [5.41, 5.74) is 6.97. The Morgan fingerprint density at radius 1 is 1.15 bits per heavy atom. The van der Waals surface area contributed by atoms with Crippen LogP contribution in [0.4, 0.5) is 5.82 Å². The van der Waals surface area contributed by atoms with Gasteiger partial charge in [-0.05, 0) is 0 Å². The van der Waals surface area contributed by atoms with Crippen LogP contribution in [-0.4, -0.2) is 9.97 Å². The lowest BCUT2D eigenvalue weighted by molar-refractivity contribution is 1.18. The SMILES string of the molecule is [2H]c1c(N)ncnc1-c1ccccc1. The zero-order valence-electron chi connectivity index (χ0n) is 7.94. The molecule has 0 atom stereocenters. The molecule has 3 nitrogen and oxygen atoms in total. The minimum Gasteiger partial charge on any atom is -0.384 e. The lowest BCUT2D eigenvalue weighted by atomic mass is 10.1. The van der Waals surface area contributed by atoms with E-state index in [4.69, 9.17) is 7.10 Å². The second-order valence-electron chi connectivity index (χ2n) is 2.60. The molecule has 2 aromatic rings. The predicted molar refractivity (Wildman–Crippen MR) is 51.9 cm³/mol. The van der Waals surface area contributed by atoms with E-state index in [1.165, 1.54) is 6.33 Å². The summed E-state index contributed by atoms with van der Waals surface area (Å²) in [5.74, 6) is 0.207. The van der Waals surface area contributed by atoms with Gasteiger partial charge in [-0.25, -0.2) is 9.97 Å². The zero-order valence-corrected chi connectivity index (χ0v) is 6.94. The Balaban J connectivity index is 2.58. The molecule has 3 heteroatoms.